The van der Waals surface area contributed by atoms with Crippen molar-refractivity contribution in [3.05, 3.63) is 59.7 Å². The van der Waals surface area contributed by atoms with E-state index in [-0.39, 0.29) is 0 Å². The van der Waals surface area contributed by atoms with Gasteiger partial charge >= 0.3 is 0 Å². The van der Waals surface area contributed by atoms with Crippen molar-refractivity contribution in [3.63, 3.8) is 0 Å². The summed E-state index contributed by atoms with van der Waals surface area (Å²) in [4.78, 5) is 0.954. The van der Waals surface area contributed by atoms with Crippen LogP contribution in [-0.2, 0) is 6.42 Å². The summed E-state index contributed by atoms with van der Waals surface area (Å²) in [6.07, 6.45) is 2.35. The fourth-order valence-corrected chi connectivity index (χ4v) is 4.54. The van der Waals surface area contributed by atoms with E-state index in [1.54, 1.807) is 0 Å². The Labute approximate surface area is 135 Å². The maximum atomic E-state index is 3.84. The van der Waals surface area contributed by atoms with Gasteiger partial charge in [0, 0.05) is 4.83 Å². The molecule has 0 spiro atoms. The predicted octanol–water partition coefficient (Wildman–Crippen LogP) is 6.14. The van der Waals surface area contributed by atoms with Gasteiger partial charge in [0.05, 0.1) is 4.83 Å². The minimum Gasteiger partial charge on any atom is -0.0875 e. The molecule has 0 N–H and O–H groups in total. The summed E-state index contributed by atoms with van der Waals surface area (Å²) in [6, 6.07) is 17.8. The molecule has 0 radical (unpaired) electrons. The van der Waals surface area contributed by atoms with Gasteiger partial charge in [-0.3, -0.25) is 0 Å². The number of fused-ring (bicyclic) bond motifs is 5. The molecule has 3 aromatic carbocycles. The molecular formula is C18H14Br2. The molecule has 0 fully saturated rings. The number of halogens is 2. The van der Waals surface area contributed by atoms with Gasteiger partial charge in [0.2, 0.25) is 0 Å². The lowest BCUT2D eigenvalue weighted by atomic mass is 9.86. The van der Waals surface area contributed by atoms with Crippen LogP contribution in [-0.4, -0.2) is 4.83 Å². The van der Waals surface area contributed by atoms with E-state index in [9.17, 15) is 0 Å². The van der Waals surface area contributed by atoms with Crippen LogP contribution in [0.3, 0.4) is 0 Å². The van der Waals surface area contributed by atoms with Crippen molar-refractivity contribution in [1.82, 2.24) is 0 Å². The third-order valence-electron chi connectivity index (χ3n) is 4.36. The van der Waals surface area contributed by atoms with Crippen molar-refractivity contribution in [2.24, 2.45) is 0 Å². The van der Waals surface area contributed by atoms with Gasteiger partial charge in [-0.2, -0.15) is 0 Å². The Hall–Kier alpha value is -0.860. The van der Waals surface area contributed by atoms with E-state index in [2.05, 4.69) is 80.4 Å². The molecule has 2 heteroatoms. The van der Waals surface area contributed by atoms with E-state index in [0.29, 0.717) is 9.65 Å². The van der Waals surface area contributed by atoms with Gasteiger partial charge in [0.25, 0.3) is 0 Å². The van der Waals surface area contributed by atoms with Crippen LogP contribution in [0.4, 0.5) is 0 Å². The number of rotatable bonds is 0. The second kappa shape index (κ2) is 4.85. The fraction of sp³-hybridized carbons (Fsp3) is 0.222. The molecule has 2 atom stereocenters. The number of hydrogen-bond donors (Lipinski definition) is 0. The molecule has 0 saturated heterocycles. The van der Waals surface area contributed by atoms with Crippen LogP contribution in [0.1, 0.15) is 22.4 Å². The Morgan fingerprint density at radius 1 is 0.800 bits per heavy atom. The SMILES string of the molecule is BrC1CCc2c(ccc3c2ccc2ccccc23)C1Br. The van der Waals surface area contributed by atoms with Crippen molar-refractivity contribution >= 4 is 53.4 Å². The third kappa shape index (κ3) is 1.85. The minimum absolute atomic E-state index is 0.419. The largest absolute Gasteiger partial charge is 0.0875 e. The zero-order chi connectivity index (χ0) is 13.7. The van der Waals surface area contributed by atoms with Crippen LogP contribution in [0.2, 0.25) is 0 Å². The van der Waals surface area contributed by atoms with E-state index in [0.717, 1.165) is 6.42 Å². The highest BCUT2D eigenvalue weighted by molar-refractivity contribution is 9.12. The second-order valence-electron chi connectivity index (χ2n) is 5.47. The Balaban J connectivity index is 2.08. The van der Waals surface area contributed by atoms with Gasteiger partial charge in [-0.05, 0) is 45.5 Å². The van der Waals surface area contributed by atoms with Gasteiger partial charge in [-0.1, -0.05) is 80.4 Å². The monoisotopic (exact) mass is 388 g/mol. The highest BCUT2D eigenvalue weighted by atomic mass is 79.9. The molecule has 1 aliphatic rings. The van der Waals surface area contributed by atoms with Gasteiger partial charge in [0.15, 0.2) is 0 Å². The molecule has 0 bridgehead atoms. The number of aryl methyl sites for hydroxylation is 1. The molecule has 2 unspecified atom stereocenters. The summed E-state index contributed by atoms with van der Waals surface area (Å²) in [7, 11) is 0. The summed E-state index contributed by atoms with van der Waals surface area (Å²) in [5, 5.41) is 5.49. The van der Waals surface area contributed by atoms with Crippen LogP contribution in [0.15, 0.2) is 48.5 Å². The molecule has 0 nitrogen and oxygen atoms in total. The van der Waals surface area contributed by atoms with Crippen LogP contribution in [0.5, 0.6) is 0 Å². The third-order valence-corrected chi connectivity index (χ3v) is 7.19. The van der Waals surface area contributed by atoms with Gasteiger partial charge in [-0.25, -0.2) is 0 Å². The minimum atomic E-state index is 0.419. The van der Waals surface area contributed by atoms with Gasteiger partial charge in [-0.15, -0.1) is 0 Å². The molecule has 0 heterocycles. The highest BCUT2D eigenvalue weighted by Gasteiger charge is 2.26. The van der Waals surface area contributed by atoms with E-state index in [1.807, 2.05) is 0 Å². The first-order valence-corrected chi connectivity index (χ1v) is 8.80. The Morgan fingerprint density at radius 3 is 2.50 bits per heavy atom. The zero-order valence-electron chi connectivity index (χ0n) is 10.9. The van der Waals surface area contributed by atoms with Crippen LogP contribution >= 0.6 is 31.9 Å². The van der Waals surface area contributed by atoms with Crippen molar-refractivity contribution in [2.45, 2.75) is 22.5 Å². The number of hydrogen-bond acceptors (Lipinski definition) is 0. The molecule has 0 aromatic heterocycles. The smallest absolute Gasteiger partial charge is 0.0523 e. The molecular weight excluding hydrogens is 376 g/mol. The normalized spacial score (nSPS) is 22.1. The first kappa shape index (κ1) is 12.8. The molecule has 20 heavy (non-hydrogen) atoms. The molecule has 4 rings (SSSR count). The summed E-state index contributed by atoms with van der Waals surface area (Å²) >= 11 is 7.62. The zero-order valence-corrected chi connectivity index (χ0v) is 14.1. The van der Waals surface area contributed by atoms with Crippen LogP contribution < -0.4 is 0 Å². The van der Waals surface area contributed by atoms with Gasteiger partial charge in [0.1, 0.15) is 0 Å². The quantitative estimate of drug-likeness (QED) is 0.320. The lowest BCUT2D eigenvalue weighted by Crippen LogP contribution is -2.16. The standard InChI is InChI=1S/C18H14Br2/c19-17-10-9-15-14-6-5-11-3-1-2-4-12(11)13(14)7-8-16(15)18(17)20/h1-8,17-18H,9-10H2. The van der Waals surface area contributed by atoms with Crippen molar-refractivity contribution in [2.75, 3.05) is 0 Å². The predicted molar refractivity (Wildman–Crippen MR) is 94.2 cm³/mol. The van der Waals surface area contributed by atoms with E-state index >= 15 is 0 Å². The number of alkyl halides is 2. The molecule has 0 amide bonds. The first-order chi connectivity index (χ1) is 9.75. The lowest BCUT2D eigenvalue weighted by Gasteiger charge is -2.27. The molecule has 0 saturated carbocycles. The fourth-order valence-electron chi connectivity index (χ4n) is 3.33. The second-order valence-corrected chi connectivity index (χ2v) is 7.63. The van der Waals surface area contributed by atoms with Gasteiger partial charge < -0.3 is 0 Å². The molecule has 0 aliphatic heterocycles. The average Bonchev–Trinajstić information content (AvgIpc) is 2.50. The number of benzene rings is 3. The summed E-state index contributed by atoms with van der Waals surface area (Å²) < 4.78 is 0. The summed E-state index contributed by atoms with van der Waals surface area (Å²) in [5.41, 5.74) is 2.96. The lowest BCUT2D eigenvalue weighted by molar-refractivity contribution is 0.712. The van der Waals surface area contributed by atoms with Crippen molar-refractivity contribution in [1.29, 1.82) is 0 Å². The first-order valence-electron chi connectivity index (χ1n) is 6.97. The topological polar surface area (TPSA) is 0 Å². The van der Waals surface area contributed by atoms with Crippen LogP contribution in [0, 0.1) is 0 Å². The Morgan fingerprint density at radius 2 is 1.60 bits per heavy atom. The van der Waals surface area contributed by atoms with Crippen LogP contribution in [0.25, 0.3) is 21.5 Å². The molecule has 1 aliphatic carbocycles. The van der Waals surface area contributed by atoms with E-state index < -0.39 is 0 Å². The summed E-state index contributed by atoms with van der Waals surface area (Å²) in [6.45, 7) is 0. The molecule has 3 aromatic rings. The molecule has 100 valence electrons. The van der Waals surface area contributed by atoms with Crippen molar-refractivity contribution in [3.8, 4) is 0 Å². The van der Waals surface area contributed by atoms with E-state index in [4.69, 9.17) is 0 Å². The summed E-state index contributed by atoms with van der Waals surface area (Å²) in [5.74, 6) is 0. The highest BCUT2D eigenvalue weighted by Crippen LogP contribution is 2.43. The Bertz CT molecular complexity index is 807. The Kier molecular flexibility index (Phi) is 3.12. The maximum absolute atomic E-state index is 3.84. The van der Waals surface area contributed by atoms with Crippen molar-refractivity contribution < 1.29 is 0 Å². The van der Waals surface area contributed by atoms with E-state index in [1.165, 1.54) is 39.1 Å². The average molecular weight is 390 g/mol. The maximum Gasteiger partial charge on any atom is 0.0523 e.